The van der Waals surface area contributed by atoms with Crippen LogP contribution in [-0.4, -0.2) is 58.1 Å². The third-order valence-corrected chi connectivity index (χ3v) is 7.71. The Morgan fingerprint density at radius 3 is 2.72 bits per heavy atom. The van der Waals surface area contributed by atoms with Crippen LogP contribution in [-0.2, 0) is 14.8 Å². The van der Waals surface area contributed by atoms with Crippen molar-refractivity contribution < 1.29 is 22.6 Å². The Bertz CT molecular complexity index is 1470. The number of hydrogen-bond acceptors (Lipinski definition) is 7. The van der Waals surface area contributed by atoms with Crippen LogP contribution in [0.4, 0.5) is 5.69 Å². The number of benzene rings is 3. The Balaban J connectivity index is 1.37. The number of H-pyrrole nitrogens is 1. The zero-order chi connectivity index (χ0) is 25.1. The van der Waals surface area contributed by atoms with Crippen LogP contribution in [0, 0.1) is 0 Å². The van der Waals surface area contributed by atoms with E-state index in [0.717, 1.165) is 35.1 Å². The van der Waals surface area contributed by atoms with Crippen LogP contribution in [0.15, 0.2) is 65.7 Å². The van der Waals surface area contributed by atoms with E-state index < -0.39 is 10.0 Å². The monoisotopic (exact) mass is 528 g/mol. The molecule has 5 rings (SSSR count). The average molecular weight is 529 g/mol. The standard InChI is InChI=1S/C25H25ClN4O5S/c1-33-19-6-7-22(26)25(12-19)36(31,32)30-18-4-2-16(3-5-18)17-10-23-21(14-28-29-23)24(11-17)35-15-20-13-27-8-9-34-20/h2-7,10-12,14,20,27,30H,8-9,13,15H2,1H3,(H,28,29). The van der Waals surface area contributed by atoms with Crippen LogP contribution in [0.3, 0.4) is 0 Å². The summed E-state index contributed by atoms with van der Waals surface area (Å²) in [5.41, 5.74) is 3.02. The number of aromatic amines is 1. The first-order valence-corrected chi connectivity index (χ1v) is 13.2. The molecule has 9 nitrogen and oxygen atoms in total. The van der Waals surface area contributed by atoms with Gasteiger partial charge in [-0.2, -0.15) is 5.10 Å². The molecule has 0 spiro atoms. The van der Waals surface area contributed by atoms with Crippen molar-refractivity contribution in [2.75, 3.05) is 38.1 Å². The number of nitrogens with zero attached hydrogens (tertiary/aromatic N) is 1. The predicted octanol–water partition coefficient (Wildman–Crippen LogP) is 4.06. The van der Waals surface area contributed by atoms with Gasteiger partial charge in [-0.05, 0) is 47.5 Å². The minimum atomic E-state index is -3.91. The maximum absolute atomic E-state index is 12.9. The van der Waals surface area contributed by atoms with Crippen LogP contribution in [0.5, 0.6) is 11.5 Å². The number of rotatable bonds is 8. The second-order valence-corrected chi connectivity index (χ2v) is 10.4. The molecular formula is C25H25ClN4O5S. The lowest BCUT2D eigenvalue weighted by molar-refractivity contribution is 0.000520. The van der Waals surface area contributed by atoms with Crippen molar-refractivity contribution in [2.24, 2.45) is 0 Å². The van der Waals surface area contributed by atoms with Crippen molar-refractivity contribution in [1.29, 1.82) is 0 Å². The minimum absolute atomic E-state index is 0.0188. The molecule has 3 N–H and O–H groups in total. The molecular weight excluding hydrogens is 504 g/mol. The number of hydrogen-bond donors (Lipinski definition) is 3. The first kappa shape index (κ1) is 24.4. The van der Waals surface area contributed by atoms with Gasteiger partial charge in [0.1, 0.15) is 29.1 Å². The summed E-state index contributed by atoms with van der Waals surface area (Å²) in [5.74, 6) is 1.09. The van der Waals surface area contributed by atoms with Crippen molar-refractivity contribution in [3.63, 3.8) is 0 Å². The van der Waals surface area contributed by atoms with Crippen molar-refractivity contribution in [3.05, 3.63) is 65.8 Å². The second-order valence-electron chi connectivity index (χ2n) is 8.29. The van der Waals surface area contributed by atoms with Gasteiger partial charge in [-0.25, -0.2) is 8.42 Å². The minimum Gasteiger partial charge on any atom is -0.497 e. The zero-order valence-electron chi connectivity index (χ0n) is 19.5. The lowest BCUT2D eigenvalue weighted by Crippen LogP contribution is -2.41. The van der Waals surface area contributed by atoms with Crippen LogP contribution >= 0.6 is 11.6 Å². The lowest BCUT2D eigenvalue weighted by atomic mass is 10.0. The van der Waals surface area contributed by atoms with E-state index in [1.807, 2.05) is 24.3 Å². The fraction of sp³-hybridized carbons (Fsp3) is 0.240. The van der Waals surface area contributed by atoms with E-state index in [4.69, 9.17) is 25.8 Å². The van der Waals surface area contributed by atoms with Gasteiger partial charge in [0.15, 0.2) is 0 Å². The van der Waals surface area contributed by atoms with E-state index in [0.29, 0.717) is 30.4 Å². The van der Waals surface area contributed by atoms with Crippen molar-refractivity contribution >= 4 is 38.2 Å². The summed E-state index contributed by atoms with van der Waals surface area (Å²) in [6.07, 6.45) is 1.71. The van der Waals surface area contributed by atoms with Crippen LogP contribution in [0.25, 0.3) is 22.0 Å². The number of fused-ring (bicyclic) bond motifs is 1. The van der Waals surface area contributed by atoms with E-state index in [1.54, 1.807) is 24.4 Å². The SMILES string of the molecule is COc1ccc(Cl)c(S(=O)(=O)Nc2ccc(-c3cc(OCC4CNCCO4)c4cn[nH]c4c3)cc2)c1. The zero-order valence-corrected chi connectivity index (χ0v) is 21.0. The number of nitrogens with one attached hydrogen (secondary N) is 3. The molecule has 1 fully saturated rings. The number of halogens is 1. The third kappa shape index (κ3) is 5.26. The number of anilines is 1. The van der Waals surface area contributed by atoms with Crippen molar-refractivity contribution in [2.45, 2.75) is 11.0 Å². The summed E-state index contributed by atoms with van der Waals surface area (Å²) in [4.78, 5) is -0.0591. The number of sulfonamides is 1. The summed E-state index contributed by atoms with van der Waals surface area (Å²) < 4.78 is 45.4. The smallest absolute Gasteiger partial charge is 0.263 e. The molecule has 4 aromatic rings. The molecule has 1 aromatic heterocycles. The summed E-state index contributed by atoms with van der Waals surface area (Å²) in [7, 11) is -2.45. The highest BCUT2D eigenvalue weighted by molar-refractivity contribution is 7.92. The maximum Gasteiger partial charge on any atom is 0.263 e. The predicted molar refractivity (Wildman–Crippen MR) is 138 cm³/mol. The number of aromatic nitrogens is 2. The van der Waals surface area contributed by atoms with Gasteiger partial charge in [0.2, 0.25) is 0 Å². The van der Waals surface area contributed by atoms with Gasteiger partial charge >= 0.3 is 0 Å². The topological polar surface area (TPSA) is 115 Å². The maximum atomic E-state index is 12.9. The molecule has 0 saturated carbocycles. The summed E-state index contributed by atoms with van der Waals surface area (Å²) in [6, 6.07) is 15.5. The number of methoxy groups -OCH3 is 1. The van der Waals surface area contributed by atoms with E-state index in [1.165, 1.54) is 19.2 Å². The average Bonchev–Trinajstić information content (AvgIpc) is 3.37. The van der Waals surface area contributed by atoms with Crippen LogP contribution in [0.2, 0.25) is 5.02 Å². The van der Waals surface area contributed by atoms with Gasteiger partial charge in [-0.3, -0.25) is 9.82 Å². The molecule has 1 unspecified atom stereocenters. The highest BCUT2D eigenvalue weighted by Crippen LogP contribution is 2.33. The largest absolute Gasteiger partial charge is 0.497 e. The highest BCUT2D eigenvalue weighted by atomic mass is 35.5. The molecule has 188 valence electrons. The number of morpholine rings is 1. The first-order valence-electron chi connectivity index (χ1n) is 11.3. The molecule has 1 aliphatic rings. The fourth-order valence-corrected chi connectivity index (χ4v) is 5.55. The Kier molecular flexibility index (Phi) is 7.01. The van der Waals surface area contributed by atoms with E-state index in [9.17, 15) is 8.42 Å². The molecule has 0 aliphatic carbocycles. The van der Waals surface area contributed by atoms with Crippen molar-refractivity contribution in [1.82, 2.24) is 15.5 Å². The second kappa shape index (κ2) is 10.4. The Labute approximate surface area is 213 Å². The Morgan fingerprint density at radius 2 is 1.97 bits per heavy atom. The first-order chi connectivity index (χ1) is 17.4. The van der Waals surface area contributed by atoms with Gasteiger partial charge < -0.3 is 19.5 Å². The number of ether oxygens (including phenoxy) is 3. The quantitative estimate of drug-likeness (QED) is 0.316. The molecule has 0 amide bonds. The van der Waals surface area contributed by atoms with E-state index in [2.05, 4.69) is 20.2 Å². The molecule has 36 heavy (non-hydrogen) atoms. The highest BCUT2D eigenvalue weighted by Gasteiger charge is 2.20. The van der Waals surface area contributed by atoms with E-state index in [-0.39, 0.29) is 16.0 Å². The van der Waals surface area contributed by atoms with Gasteiger partial charge in [0.25, 0.3) is 10.0 Å². The normalized spacial score (nSPS) is 16.1. The summed E-state index contributed by atoms with van der Waals surface area (Å²) >= 11 is 6.13. The molecule has 1 atom stereocenters. The molecule has 11 heteroatoms. The van der Waals surface area contributed by atoms with Gasteiger partial charge in [0, 0.05) is 24.8 Å². The third-order valence-electron chi connectivity index (χ3n) is 5.85. The molecule has 0 radical (unpaired) electrons. The molecule has 1 aliphatic heterocycles. The lowest BCUT2D eigenvalue weighted by Gasteiger charge is -2.23. The van der Waals surface area contributed by atoms with Crippen molar-refractivity contribution in [3.8, 4) is 22.6 Å². The summed E-state index contributed by atoms with van der Waals surface area (Å²) in [5, 5.41) is 11.4. The van der Waals surface area contributed by atoms with Gasteiger partial charge in [-0.1, -0.05) is 23.7 Å². The van der Waals surface area contributed by atoms with Gasteiger partial charge in [0.05, 0.1) is 35.8 Å². The summed E-state index contributed by atoms with van der Waals surface area (Å²) in [6.45, 7) is 2.67. The Morgan fingerprint density at radius 1 is 1.14 bits per heavy atom. The molecule has 0 bridgehead atoms. The fourth-order valence-electron chi connectivity index (χ4n) is 3.97. The van der Waals surface area contributed by atoms with Crippen LogP contribution in [0.1, 0.15) is 0 Å². The van der Waals surface area contributed by atoms with Crippen LogP contribution < -0.4 is 19.5 Å². The van der Waals surface area contributed by atoms with E-state index >= 15 is 0 Å². The molecule has 1 saturated heterocycles. The molecule has 2 heterocycles. The van der Waals surface area contributed by atoms with Gasteiger partial charge in [-0.15, -0.1) is 0 Å². The molecule has 3 aromatic carbocycles. The Hall–Kier alpha value is -3.31.